The normalized spacial score (nSPS) is 12.0. The topological polar surface area (TPSA) is 51.5 Å². The van der Waals surface area contributed by atoms with Crippen LogP contribution in [-0.4, -0.2) is 13.1 Å². The first-order chi connectivity index (χ1) is 9.92. The van der Waals surface area contributed by atoms with Gasteiger partial charge in [0.1, 0.15) is 17.4 Å². The lowest BCUT2D eigenvalue weighted by Crippen LogP contribution is -2.08. The monoisotopic (exact) mass is 359 g/mol. The highest BCUT2D eigenvalue weighted by atomic mass is 79.9. The van der Waals surface area contributed by atoms with Crippen LogP contribution in [0.5, 0.6) is 0 Å². The van der Waals surface area contributed by atoms with Crippen LogP contribution in [0.25, 0.3) is 0 Å². The van der Waals surface area contributed by atoms with E-state index < -0.39 is 23.6 Å². The first-order valence-electron chi connectivity index (χ1n) is 6.01. The molecule has 0 amide bonds. The predicted octanol–water partition coefficient (Wildman–Crippen LogP) is 4.28. The molecule has 0 aliphatic heterocycles. The maximum Gasteiger partial charge on any atom is 0.373 e. The zero-order valence-corrected chi connectivity index (χ0v) is 12.8. The van der Waals surface area contributed by atoms with Crippen molar-refractivity contribution in [3.8, 4) is 0 Å². The molecule has 1 aromatic carbocycles. The van der Waals surface area contributed by atoms with Crippen molar-refractivity contribution in [1.29, 1.82) is 0 Å². The van der Waals surface area contributed by atoms with Crippen molar-refractivity contribution in [2.75, 3.05) is 12.4 Å². The summed E-state index contributed by atoms with van der Waals surface area (Å²) in [5.41, 5.74) is 0.111. The largest absolute Gasteiger partial charge is 0.463 e. The van der Waals surface area contributed by atoms with Gasteiger partial charge in [0.25, 0.3) is 0 Å². The average molecular weight is 360 g/mol. The first-order valence-corrected chi connectivity index (χ1v) is 6.80. The minimum atomic E-state index is -0.728. The molecular formula is C14H12BrF2NO3. The van der Waals surface area contributed by atoms with E-state index in [4.69, 9.17) is 4.42 Å². The van der Waals surface area contributed by atoms with Gasteiger partial charge in [-0.25, -0.2) is 13.6 Å². The van der Waals surface area contributed by atoms with Crippen LogP contribution < -0.4 is 5.32 Å². The Bertz CT molecular complexity index is 649. The maximum atomic E-state index is 13.7. The zero-order chi connectivity index (χ0) is 15.6. The van der Waals surface area contributed by atoms with Crippen LogP contribution in [0.2, 0.25) is 0 Å². The standard InChI is InChI=1S/C14H12BrF2NO3/c1-7(11-3-4-12(21-11)14(19)20-2)18-13-9(15)5-8(16)6-10(13)17/h3-7,18H,1-2H3. The molecule has 4 nitrogen and oxygen atoms in total. The molecule has 0 saturated heterocycles. The van der Waals surface area contributed by atoms with Crippen molar-refractivity contribution in [2.45, 2.75) is 13.0 Å². The number of ether oxygens (including phenoxy) is 1. The second-order valence-corrected chi connectivity index (χ2v) is 5.16. The molecule has 0 saturated carbocycles. The number of benzene rings is 1. The van der Waals surface area contributed by atoms with Crippen LogP contribution in [0, 0.1) is 11.6 Å². The minimum absolute atomic E-state index is 0.0554. The number of carbonyl (C=O) groups excluding carboxylic acids is 1. The van der Waals surface area contributed by atoms with Crippen molar-refractivity contribution in [3.05, 3.63) is 51.9 Å². The van der Waals surface area contributed by atoms with Crippen LogP contribution in [-0.2, 0) is 4.74 Å². The SMILES string of the molecule is COC(=O)c1ccc(C(C)Nc2c(F)cc(F)cc2Br)o1. The van der Waals surface area contributed by atoms with Crippen molar-refractivity contribution in [3.63, 3.8) is 0 Å². The van der Waals surface area contributed by atoms with Crippen molar-refractivity contribution in [2.24, 2.45) is 0 Å². The summed E-state index contributed by atoms with van der Waals surface area (Å²) in [5, 5.41) is 2.86. The van der Waals surface area contributed by atoms with Gasteiger partial charge in [0, 0.05) is 10.5 Å². The predicted molar refractivity (Wildman–Crippen MR) is 76.1 cm³/mol. The average Bonchev–Trinajstić information content (AvgIpc) is 2.91. The van der Waals surface area contributed by atoms with Gasteiger partial charge in [0.05, 0.1) is 18.8 Å². The maximum absolute atomic E-state index is 13.7. The molecule has 1 aromatic heterocycles. The summed E-state index contributed by atoms with van der Waals surface area (Å²) >= 11 is 3.09. The Morgan fingerprint density at radius 1 is 1.38 bits per heavy atom. The summed E-state index contributed by atoms with van der Waals surface area (Å²) in [5.74, 6) is -1.52. The van der Waals surface area contributed by atoms with E-state index in [0.29, 0.717) is 5.76 Å². The molecule has 0 aliphatic carbocycles. The third-order valence-electron chi connectivity index (χ3n) is 2.81. The zero-order valence-electron chi connectivity index (χ0n) is 11.2. The lowest BCUT2D eigenvalue weighted by molar-refractivity contribution is 0.0562. The summed E-state index contributed by atoms with van der Waals surface area (Å²) in [7, 11) is 1.25. The molecule has 1 heterocycles. The summed E-state index contributed by atoms with van der Waals surface area (Å²) < 4.78 is 36.9. The molecule has 2 rings (SSSR count). The fourth-order valence-corrected chi connectivity index (χ4v) is 2.29. The number of esters is 1. The summed E-state index contributed by atoms with van der Waals surface area (Å²) in [4.78, 5) is 11.3. The number of hydrogen-bond donors (Lipinski definition) is 1. The van der Waals surface area contributed by atoms with E-state index in [9.17, 15) is 13.6 Å². The fraction of sp³-hybridized carbons (Fsp3) is 0.214. The highest BCUT2D eigenvalue weighted by Crippen LogP contribution is 2.30. The lowest BCUT2D eigenvalue weighted by Gasteiger charge is -2.15. The van der Waals surface area contributed by atoms with E-state index in [-0.39, 0.29) is 15.9 Å². The molecular weight excluding hydrogens is 348 g/mol. The number of nitrogens with one attached hydrogen (secondary N) is 1. The Morgan fingerprint density at radius 2 is 2.10 bits per heavy atom. The second kappa shape index (κ2) is 6.26. The van der Waals surface area contributed by atoms with Crippen LogP contribution in [0.4, 0.5) is 14.5 Å². The molecule has 0 fully saturated rings. The van der Waals surface area contributed by atoms with Crippen molar-refractivity contribution in [1.82, 2.24) is 0 Å². The Hall–Kier alpha value is -1.89. The van der Waals surface area contributed by atoms with E-state index >= 15 is 0 Å². The van der Waals surface area contributed by atoms with Gasteiger partial charge in [-0.1, -0.05) is 0 Å². The molecule has 21 heavy (non-hydrogen) atoms. The van der Waals surface area contributed by atoms with Crippen LogP contribution in [0.1, 0.15) is 29.3 Å². The Kier molecular flexibility index (Phi) is 4.62. The van der Waals surface area contributed by atoms with Crippen molar-refractivity contribution >= 4 is 27.6 Å². The molecule has 1 N–H and O–H groups in total. The first kappa shape index (κ1) is 15.5. The summed E-state index contributed by atoms with van der Waals surface area (Å²) in [6, 6.07) is 4.55. The molecule has 112 valence electrons. The molecule has 0 spiro atoms. The fourth-order valence-electron chi connectivity index (χ4n) is 1.76. The minimum Gasteiger partial charge on any atom is -0.463 e. The van der Waals surface area contributed by atoms with E-state index in [0.717, 1.165) is 12.1 Å². The molecule has 1 atom stereocenters. The van der Waals surface area contributed by atoms with Crippen LogP contribution >= 0.6 is 15.9 Å². The number of rotatable bonds is 4. The van der Waals surface area contributed by atoms with Crippen LogP contribution in [0.15, 0.2) is 33.2 Å². The van der Waals surface area contributed by atoms with Gasteiger partial charge in [-0.15, -0.1) is 0 Å². The molecule has 7 heteroatoms. The van der Waals surface area contributed by atoms with E-state index in [1.54, 1.807) is 13.0 Å². The molecule has 0 radical (unpaired) electrons. The number of hydrogen-bond acceptors (Lipinski definition) is 4. The van der Waals surface area contributed by atoms with Gasteiger partial charge in [0.15, 0.2) is 0 Å². The van der Waals surface area contributed by atoms with Crippen LogP contribution in [0.3, 0.4) is 0 Å². The van der Waals surface area contributed by atoms with Gasteiger partial charge < -0.3 is 14.5 Å². The quantitative estimate of drug-likeness (QED) is 0.827. The smallest absolute Gasteiger partial charge is 0.373 e. The highest BCUT2D eigenvalue weighted by Gasteiger charge is 2.18. The number of anilines is 1. The molecule has 1 unspecified atom stereocenters. The summed E-state index contributed by atoms with van der Waals surface area (Å²) in [6.45, 7) is 1.72. The Morgan fingerprint density at radius 3 is 2.71 bits per heavy atom. The van der Waals surface area contributed by atoms with E-state index in [1.165, 1.54) is 13.2 Å². The van der Waals surface area contributed by atoms with Gasteiger partial charge in [0.2, 0.25) is 5.76 Å². The number of furan rings is 1. The molecule has 2 aromatic rings. The number of methoxy groups -OCH3 is 1. The molecule has 0 bridgehead atoms. The third-order valence-corrected chi connectivity index (χ3v) is 3.43. The molecule has 0 aliphatic rings. The van der Waals surface area contributed by atoms with Gasteiger partial charge >= 0.3 is 5.97 Å². The highest BCUT2D eigenvalue weighted by molar-refractivity contribution is 9.10. The third kappa shape index (κ3) is 3.41. The van der Waals surface area contributed by atoms with Gasteiger partial charge in [-0.05, 0) is 41.1 Å². The van der Waals surface area contributed by atoms with E-state index in [1.807, 2.05) is 0 Å². The van der Waals surface area contributed by atoms with Crippen molar-refractivity contribution < 1.29 is 22.7 Å². The summed E-state index contributed by atoms with van der Waals surface area (Å²) in [6.07, 6.45) is 0. The van der Waals surface area contributed by atoms with Gasteiger partial charge in [-0.3, -0.25) is 0 Å². The number of halogens is 3. The second-order valence-electron chi connectivity index (χ2n) is 4.30. The Balaban J connectivity index is 2.20. The lowest BCUT2D eigenvalue weighted by atomic mass is 10.2. The number of carbonyl (C=O) groups is 1. The van der Waals surface area contributed by atoms with Gasteiger partial charge in [-0.2, -0.15) is 0 Å². The Labute approximate surface area is 128 Å². The van der Waals surface area contributed by atoms with E-state index in [2.05, 4.69) is 26.0 Å².